The van der Waals surface area contributed by atoms with Crippen LogP contribution in [0.15, 0.2) is 47.5 Å². The van der Waals surface area contributed by atoms with Crippen LogP contribution in [0.3, 0.4) is 0 Å². The molecule has 3 rings (SSSR count). The molecule has 0 aromatic heterocycles. The fourth-order valence-electron chi connectivity index (χ4n) is 3.63. The van der Waals surface area contributed by atoms with Gasteiger partial charge in [-0.2, -0.15) is 0 Å². The topological polar surface area (TPSA) is 78.4 Å². The van der Waals surface area contributed by atoms with Crippen LogP contribution in [0.1, 0.15) is 22.7 Å². The zero-order chi connectivity index (χ0) is 22.1. The molecule has 1 saturated heterocycles. The summed E-state index contributed by atoms with van der Waals surface area (Å²) in [6, 6.07) is 13.0. The van der Waals surface area contributed by atoms with Gasteiger partial charge in [-0.3, -0.25) is 9.89 Å². The first kappa shape index (κ1) is 23.0. The molecule has 0 radical (unpaired) electrons. The van der Waals surface area contributed by atoms with Gasteiger partial charge in [0.2, 0.25) is 0 Å². The maximum absolute atomic E-state index is 13.6. The number of nitrogens with zero attached hydrogens (tertiary/aromatic N) is 2. The summed E-state index contributed by atoms with van der Waals surface area (Å²) in [7, 11) is 3.38. The van der Waals surface area contributed by atoms with Crippen molar-refractivity contribution in [3.63, 3.8) is 0 Å². The van der Waals surface area contributed by atoms with E-state index in [-0.39, 0.29) is 18.2 Å². The van der Waals surface area contributed by atoms with Crippen molar-refractivity contribution in [2.45, 2.75) is 19.2 Å². The number of methoxy groups -OCH3 is 1. The maximum Gasteiger partial charge on any atom is 0.191 e. The van der Waals surface area contributed by atoms with E-state index in [9.17, 15) is 9.50 Å². The van der Waals surface area contributed by atoms with E-state index in [2.05, 4.69) is 32.7 Å². The summed E-state index contributed by atoms with van der Waals surface area (Å²) >= 11 is 0. The van der Waals surface area contributed by atoms with E-state index < -0.39 is 5.82 Å². The second-order valence-electron chi connectivity index (χ2n) is 7.33. The van der Waals surface area contributed by atoms with E-state index in [1.807, 2.05) is 12.1 Å². The number of rotatable bonds is 8. The van der Waals surface area contributed by atoms with Gasteiger partial charge in [0.15, 0.2) is 5.96 Å². The van der Waals surface area contributed by atoms with Gasteiger partial charge < -0.3 is 25.2 Å². The molecular formula is C23H31FN4O3. The molecule has 1 aliphatic rings. The van der Waals surface area contributed by atoms with Gasteiger partial charge in [0.05, 0.1) is 33.0 Å². The summed E-state index contributed by atoms with van der Waals surface area (Å²) in [5.74, 6) is 1.08. The number of ether oxygens (including phenoxy) is 2. The van der Waals surface area contributed by atoms with E-state index in [1.165, 1.54) is 11.6 Å². The SMILES string of the molecule is CN=C(NCc1ccc(F)c(CO)c1)NCC(c1ccc(OC)cc1)N1CCOCC1. The van der Waals surface area contributed by atoms with E-state index in [1.54, 1.807) is 26.3 Å². The van der Waals surface area contributed by atoms with Gasteiger partial charge >= 0.3 is 0 Å². The molecular weight excluding hydrogens is 399 g/mol. The highest BCUT2D eigenvalue weighted by Gasteiger charge is 2.23. The summed E-state index contributed by atoms with van der Waals surface area (Å²) in [4.78, 5) is 6.71. The third kappa shape index (κ3) is 6.40. The molecule has 3 N–H and O–H groups in total. The first-order valence-corrected chi connectivity index (χ1v) is 10.4. The van der Waals surface area contributed by atoms with Gasteiger partial charge in [-0.25, -0.2) is 4.39 Å². The minimum absolute atomic E-state index is 0.153. The monoisotopic (exact) mass is 430 g/mol. The summed E-state index contributed by atoms with van der Waals surface area (Å²) in [5, 5.41) is 15.9. The first-order chi connectivity index (χ1) is 15.1. The van der Waals surface area contributed by atoms with Gasteiger partial charge in [-0.05, 0) is 35.4 Å². The quantitative estimate of drug-likeness (QED) is 0.440. The highest BCUT2D eigenvalue weighted by atomic mass is 19.1. The molecule has 2 aromatic carbocycles. The molecule has 8 heteroatoms. The highest BCUT2D eigenvalue weighted by Crippen LogP contribution is 2.23. The predicted molar refractivity (Wildman–Crippen MR) is 119 cm³/mol. The van der Waals surface area contributed by atoms with Gasteiger partial charge in [0, 0.05) is 38.8 Å². The van der Waals surface area contributed by atoms with E-state index >= 15 is 0 Å². The van der Waals surface area contributed by atoms with E-state index in [4.69, 9.17) is 9.47 Å². The molecule has 31 heavy (non-hydrogen) atoms. The maximum atomic E-state index is 13.6. The number of aliphatic hydroxyl groups is 1. The minimum atomic E-state index is -0.401. The molecule has 0 amide bonds. The summed E-state index contributed by atoms with van der Waals surface area (Å²) in [6.45, 7) is 3.98. The number of guanidine groups is 1. The van der Waals surface area contributed by atoms with Crippen molar-refractivity contribution in [1.29, 1.82) is 0 Å². The Morgan fingerprint density at radius 2 is 1.94 bits per heavy atom. The normalized spacial score (nSPS) is 16.1. The average Bonchev–Trinajstić information content (AvgIpc) is 2.83. The van der Waals surface area contributed by atoms with Crippen molar-refractivity contribution in [2.24, 2.45) is 4.99 Å². The Kier molecular flexibility index (Phi) is 8.63. The number of hydrogen-bond acceptors (Lipinski definition) is 5. The van der Waals surface area contributed by atoms with Crippen molar-refractivity contribution < 1.29 is 19.0 Å². The largest absolute Gasteiger partial charge is 0.497 e. The molecule has 0 spiro atoms. The number of nitrogens with one attached hydrogen (secondary N) is 2. The van der Waals surface area contributed by atoms with Crippen LogP contribution in [-0.4, -0.2) is 63.0 Å². The van der Waals surface area contributed by atoms with E-state index in [0.29, 0.717) is 19.0 Å². The van der Waals surface area contributed by atoms with Crippen molar-refractivity contribution >= 4 is 5.96 Å². The van der Waals surface area contributed by atoms with Crippen molar-refractivity contribution in [3.8, 4) is 5.75 Å². The van der Waals surface area contributed by atoms with Crippen LogP contribution in [0, 0.1) is 5.82 Å². The molecule has 1 fully saturated rings. The van der Waals surface area contributed by atoms with Crippen LogP contribution >= 0.6 is 0 Å². The van der Waals surface area contributed by atoms with Gasteiger partial charge in [0.25, 0.3) is 0 Å². The Hall–Kier alpha value is -2.68. The number of benzene rings is 2. The Balaban J connectivity index is 1.64. The Morgan fingerprint density at radius 3 is 2.58 bits per heavy atom. The number of hydrogen-bond donors (Lipinski definition) is 3. The lowest BCUT2D eigenvalue weighted by Gasteiger charge is -2.35. The second-order valence-corrected chi connectivity index (χ2v) is 7.33. The van der Waals surface area contributed by atoms with Crippen molar-refractivity contribution in [3.05, 3.63) is 65.0 Å². The van der Waals surface area contributed by atoms with Gasteiger partial charge in [0.1, 0.15) is 11.6 Å². The second kappa shape index (κ2) is 11.6. The standard InChI is InChI=1S/C23H31FN4O3/c1-25-23(26-14-17-3-8-21(24)19(13-17)16-29)27-15-22(28-9-11-31-12-10-28)18-4-6-20(30-2)7-5-18/h3-8,13,22,29H,9-12,14-16H2,1-2H3,(H2,25,26,27). The number of morpholine rings is 1. The smallest absolute Gasteiger partial charge is 0.191 e. The molecule has 7 nitrogen and oxygen atoms in total. The molecule has 168 valence electrons. The first-order valence-electron chi connectivity index (χ1n) is 10.4. The number of aliphatic hydroxyl groups excluding tert-OH is 1. The Bertz CT molecular complexity index is 854. The fourth-order valence-corrected chi connectivity index (χ4v) is 3.63. The molecule has 1 aliphatic heterocycles. The zero-order valence-electron chi connectivity index (χ0n) is 18.1. The van der Waals surface area contributed by atoms with Gasteiger partial charge in [-0.1, -0.05) is 18.2 Å². The molecule has 1 atom stereocenters. The minimum Gasteiger partial charge on any atom is -0.497 e. The van der Waals surface area contributed by atoms with Crippen molar-refractivity contribution in [2.75, 3.05) is 47.0 Å². The molecule has 2 aromatic rings. The number of halogens is 1. The van der Waals surface area contributed by atoms with E-state index in [0.717, 1.165) is 37.6 Å². The predicted octanol–water partition coefficient (Wildman–Crippen LogP) is 2.07. The van der Waals surface area contributed by atoms with Crippen LogP contribution in [0.2, 0.25) is 0 Å². The number of aliphatic imine (C=N–C) groups is 1. The molecule has 1 unspecified atom stereocenters. The van der Waals surface area contributed by atoms with Crippen LogP contribution in [0.25, 0.3) is 0 Å². The van der Waals surface area contributed by atoms with Crippen LogP contribution < -0.4 is 15.4 Å². The fraction of sp³-hybridized carbons (Fsp3) is 0.435. The van der Waals surface area contributed by atoms with Crippen LogP contribution in [0.4, 0.5) is 4.39 Å². The van der Waals surface area contributed by atoms with Crippen LogP contribution in [-0.2, 0) is 17.9 Å². The molecule has 0 saturated carbocycles. The lowest BCUT2D eigenvalue weighted by Crippen LogP contribution is -2.46. The third-order valence-electron chi connectivity index (χ3n) is 5.41. The highest BCUT2D eigenvalue weighted by molar-refractivity contribution is 5.79. The molecule has 0 aliphatic carbocycles. The van der Waals surface area contributed by atoms with Crippen LogP contribution in [0.5, 0.6) is 5.75 Å². The molecule has 1 heterocycles. The summed E-state index contributed by atoms with van der Waals surface area (Å²) in [6.07, 6.45) is 0. The Morgan fingerprint density at radius 1 is 1.19 bits per heavy atom. The lowest BCUT2D eigenvalue weighted by molar-refractivity contribution is 0.0170. The third-order valence-corrected chi connectivity index (χ3v) is 5.41. The summed E-state index contributed by atoms with van der Waals surface area (Å²) < 4.78 is 24.4. The molecule has 0 bridgehead atoms. The zero-order valence-corrected chi connectivity index (χ0v) is 18.1. The summed E-state index contributed by atoms with van der Waals surface area (Å²) in [5.41, 5.74) is 2.35. The average molecular weight is 431 g/mol. The lowest BCUT2D eigenvalue weighted by atomic mass is 10.0. The van der Waals surface area contributed by atoms with Crippen molar-refractivity contribution in [1.82, 2.24) is 15.5 Å². The Labute approximate surface area is 182 Å². The van der Waals surface area contributed by atoms with Gasteiger partial charge in [-0.15, -0.1) is 0 Å².